The summed E-state index contributed by atoms with van der Waals surface area (Å²) in [6.07, 6.45) is 1.68. The summed E-state index contributed by atoms with van der Waals surface area (Å²) in [6.45, 7) is 0.401. The summed E-state index contributed by atoms with van der Waals surface area (Å²) in [7, 11) is 10.1. The fourth-order valence-electron chi connectivity index (χ4n) is 5.12. The number of rotatable bonds is 9. The van der Waals surface area contributed by atoms with Gasteiger partial charge in [0.05, 0.1) is 48.3 Å². The normalized spacial score (nSPS) is 14.1. The molecule has 37 heavy (non-hydrogen) atoms. The first-order valence-corrected chi connectivity index (χ1v) is 12.2. The molecule has 0 unspecified atom stereocenters. The van der Waals surface area contributed by atoms with Gasteiger partial charge in [-0.3, -0.25) is 4.79 Å². The highest BCUT2D eigenvalue weighted by Gasteiger charge is 2.30. The maximum atomic E-state index is 13.4. The van der Waals surface area contributed by atoms with Crippen LogP contribution in [0.4, 0.5) is 5.69 Å². The Labute approximate surface area is 217 Å². The number of hydrogen-bond acceptors (Lipinski definition) is 7. The van der Waals surface area contributed by atoms with E-state index in [0.717, 1.165) is 40.7 Å². The molecule has 1 aliphatic rings. The second-order valence-corrected chi connectivity index (χ2v) is 8.79. The topological polar surface area (TPSA) is 91.9 Å². The molecular formula is C29H35N2O6+. The highest BCUT2D eigenvalue weighted by molar-refractivity contribution is 5.82. The SMILES string of the molecule is C[NH2+][C@H]1CCc2cc(OC)c(OC)c(OC)c2-c2ccc(NCc3cccc(OC)c3OC)c(=O)cc21. The molecule has 0 fully saturated rings. The van der Waals surface area contributed by atoms with Gasteiger partial charge in [-0.2, -0.15) is 0 Å². The number of hydrogen-bond donors (Lipinski definition) is 2. The summed E-state index contributed by atoms with van der Waals surface area (Å²) in [5.74, 6) is 3.04. The van der Waals surface area contributed by atoms with Gasteiger partial charge in [0.1, 0.15) is 6.04 Å². The first-order chi connectivity index (χ1) is 18.0. The molecule has 0 aliphatic heterocycles. The minimum absolute atomic E-state index is 0.0853. The molecule has 8 nitrogen and oxygen atoms in total. The van der Waals surface area contributed by atoms with Crippen LogP contribution in [0.15, 0.2) is 47.3 Å². The standard InChI is InChI=1S/C29H34N2O6/c1-30-21-12-10-17-14-25(34-3)28(36-5)29(37-6)26(17)19-11-13-22(23(32)15-20(19)21)31-16-18-8-7-9-24(33-2)27(18)35-4/h7-9,11,13-15,21,30H,10,12,16H2,1-6H3,(H,31,32)/p+1/t21-/m0/s1. The highest BCUT2D eigenvalue weighted by atomic mass is 16.5. The van der Waals surface area contributed by atoms with Gasteiger partial charge in [-0.15, -0.1) is 0 Å². The van der Waals surface area contributed by atoms with Crippen LogP contribution in [-0.2, 0) is 13.0 Å². The number of ether oxygens (including phenoxy) is 5. The third kappa shape index (κ3) is 4.89. The summed E-state index contributed by atoms with van der Waals surface area (Å²) in [6, 6.07) is 13.4. The van der Waals surface area contributed by atoms with Gasteiger partial charge < -0.3 is 34.3 Å². The molecule has 196 valence electrons. The van der Waals surface area contributed by atoms with Crippen molar-refractivity contribution < 1.29 is 29.0 Å². The van der Waals surface area contributed by atoms with Gasteiger partial charge in [-0.05, 0) is 41.8 Å². The molecule has 0 radical (unpaired) electrons. The molecule has 3 N–H and O–H groups in total. The van der Waals surface area contributed by atoms with Crippen molar-refractivity contribution in [2.75, 3.05) is 47.9 Å². The second kappa shape index (κ2) is 11.4. The van der Waals surface area contributed by atoms with Crippen molar-refractivity contribution in [3.8, 4) is 39.9 Å². The van der Waals surface area contributed by atoms with Crippen molar-refractivity contribution in [2.24, 2.45) is 0 Å². The first-order valence-electron chi connectivity index (χ1n) is 12.2. The van der Waals surface area contributed by atoms with Crippen molar-refractivity contribution in [3.05, 3.63) is 69.4 Å². The lowest BCUT2D eigenvalue weighted by atomic mass is 9.95. The summed E-state index contributed by atoms with van der Waals surface area (Å²) in [4.78, 5) is 13.4. The molecule has 1 aliphatic carbocycles. The van der Waals surface area contributed by atoms with Crippen LogP contribution in [0.3, 0.4) is 0 Å². The van der Waals surface area contributed by atoms with Crippen LogP contribution in [0.1, 0.15) is 29.2 Å². The van der Waals surface area contributed by atoms with Crippen LogP contribution in [0.5, 0.6) is 28.7 Å². The predicted octanol–water partition coefficient (Wildman–Crippen LogP) is 3.55. The van der Waals surface area contributed by atoms with Gasteiger partial charge >= 0.3 is 0 Å². The van der Waals surface area contributed by atoms with Crippen molar-refractivity contribution in [1.82, 2.24) is 0 Å². The van der Waals surface area contributed by atoms with E-state index in [1.165, 1.54) is 0 Å². The summed E-state index contributed by atoms with van der Waals surface area (Å²) in [5.41, 5.74) is 5.22. The number of benzene rings is 2. The Hall–Kier alpha value is -3.91. The molecule has 4 rings (SSSR count). The van der Waals surface area contributed by atoms with Crippen molar-refractivity contribution in [1.29, 1.82) is 0 Å². The fraction of sp³-hybridized carbons (Fsp3) is 0.345. The van der Waals surface area contributed by atoms with E-state index < -0.39 is 0 Å². The molecular weight excluding hydrogens is 472 g/mol. The monoisotopic (exact) mass is 507 g/mol. The number of para-hydroxylation sites is 1. The highest BCUT2D eigenvalue weighted by Crippen LogP contribution is 2.49. The lowest BCUT2D eigenvalue weighted by molar-refractivity contribution is -0.670. The predicted molar refractivity (Wildman–Crippen MR) is 144 cm³/mol. The Morgan fingerprint density at radius 2 is 1.59 bits per heavy atom. The van der Waals surface area contributed by atoms with Crippen molar-refractivity contribution in [2.45, 2.75) is 25.4 Å². The quantitative estimate of drug-likeness (QED) is 0.458. The van der Waals surface area contributed by atoms with Crippen molar-refractivity contribution in [3.63, 3.8) is 0 Å². The third-order valence-electron chi connectivity index (χ3n) is 6.94. The Morgan fingerprint density at radius 1 is 0.865 bits per heavy atom. The molecule has 0 saturated carbocycles. The van der Waals surface area contributed by atoms with Gasteiger partial charge in [-0.25, -0.2) is 0 Å². The van der Waals surface area contributed by atoms with Crippen LogP contribution >= 0.6 is 0 Å². The molecule has 0 saturated heterocycles. The average molecular weight is 508 g/mol. The number of nitrogens with one attached hydrogen (secondary N) is 1. The van der Waals surface area contributed by atoms with E-state index in [1.807, 2.05) is 43.4 Å². The van der Waals surface area contributed by atoms with E-state index in [4.69, 9.17) is 23.7 Å². The number of quaternary nitrogens is 1. The van der Waals surface area contributed by atoms with Gasteiger partial charge in [-0.1, -0.05) is 18.2 Å². The average Bonchev–Trinajstić information content (AvgIpc) is 3.17. The van der Waals surface area contributed by atoms with E-state index in [0.29, 0.717) is 41.0 Å². The van der Waals surface area contributed by atoms with Crippen LogP contribution < -0.4 is 39.7 Å². The molecule has 0 aromatic heterocycles. The van der Waals surface area contributed by atoms with Crippen LogP contribution in [0, 0.1) is 0 Å². The lowest BCUT2D eigenvalue weighted by Gasteiger charge is -2.19. The molecule has 0 heterocycles. The first kappa shape index (κ1) is 26.2. The number of aryl methyl sites for hydroxylation is 1. The van der Waals surface area contributed by atoms with Crippen LogP contribution in [0.25, 0.3) is 11.1 Å². The van der Waals surface area contributed by atoms with E-state index in [1.54, 1.807) is 41.6 Å². The van der Waals surface area contributed by atoms with E-state index in [9.17, 15) is 4.79 Å². The lowest BCUT2D eigenvalue weighted by Crippen LogP contribution is -2.81. The van der Waals surface area contributed by atoms with Crippen LogP contribution in [-0.4, -0.2) is 42.6 Å². The van der Waals surface area contributed by atoms with Gasteiger partial charge in [0, 0.05) is 29.7 Å². The third-order valence-corrected chi connectivity index (χ3v) is 6.94. The van der Waals surface area contributed by atoms with E-state index >= 15 is 0 Å². The maximum absolute atomic E-state index is 13.4. The van der Waals surface area contributed by atoms with Gasteiger partial charge in [0.2, 0.25) is 11.2 Å². The Bertz CT molecular complexity index is 1340. The smallest absolute Gasteiger partial charge is 0.203 e. The summed E-state index contributed by atoms with van der Waals surface area (Å²) in [5, 5.41) is 5.46. The van der Waals surface area contributed by atoms with E-state index in [-0.39, 0.29) is 11.5 Å². The number of anilines is 1. The molecule has 0 bridgehead atoms. The minimum atomic E-state index is -0.0853. The zero-order valence-electron chi connectivity index (χ0n) is 22.3. The molecule has 0 amide bonds. The Kier molecular flexibility index (Phi) is 8.08. The molecule has 0 spiro atoms. The van der Waals surface area contributed by atoms with Crippen LogP contribution in [0.2, 0.25) is 0 Å². The largest absolute Gasteiger partial charge is 0.493 e. The van der Waals surface area contributed by atoms with Gasteiger partial charge in [0.25, 0.3) is 0 Å². The van der Waals surface area contributed by atoms with E-state index in [2.05, 4.69) is 10.6 Å². The molecule has 3 aromatic carbocycles. The zero-order valence-corrected chi connectivity index (χ0v) is 22.3. The Morgan fingerprint density at radius 3 is 2.24 bits per heavy atom. The van der Waals surface area contributed by atoms with Gasteiger partial charge in [0.15, 0.2) is 23.0 Å². The Balaban J connectivity index is 1.85. The zero-order chi connectivity index (χ0) is 26.5. The van der Waals surface area contributed by atoms with Crippen molar-refractivity contribution >= 4 is 5.69 Å². The molecule has 1 atom stereocenters. The molecule has 8 heteroatoms. The maximum Gasteiger partial charge on any atom is 0.203 e. The second-order valence-electron chi connectivity index (χ2n) is 8.79. The summed E-state index contributed by atoms with van der Waals surface area (Å²) >= 11 is 0. The minimum Gasteiger partial charge on any atom is -0.493 e. The number of fused-ring (bicyclic) bond motifs is 3. The summed E-state index contributed by atoms with van der Waals surface area (Å²) < 4.78 is 28.1. The fourth-order valence-corrected chi connectivity index (χ4v) is 5.12. The number of nitrogens with two attached hydrogens (primary N) is 1. The molecule has 3 aromatic rings. The number of methoxy groups -OCH3 is 5.